The summed E-state index contributed by atoms with van der Waals surface area (Å²) in [6.45, 7) is 3.20. The lowest BCUT2D eigenvalue weighted by Gasteiger charge is -2.05. The van der Waals surface area contributed by atoms with Gasteiger partial charge in [0.1, 0.15) is 5.65 Å². The fourth-order valence-corrected chi connectivity index (χ4v) is 2.41. The first-order chi connectivity index (χ1) is 8.66. The van der Waals surface area contributed by atoms with E-state index >= 15 is 0 Å². The predicted molar refractivity (Wildman–Crippen MR) is 65.1 cm³/mol. The molecule has 0 aliphatic carbocycles. The monoisotopic (exact) mass is 246 g/mol. The van der Waals surface area contributed by atoms with Gasteiger partial charge in [-0.15, -0.1) is 0 Å². The zero-order chi connectivity index (χ0) is 12.7. The number of aromatic nitrogens is 2. The Morgan fingerprint density at radius 3 is 3.11 bits per heavy atom. The Balaban J connectivity index is 2.22. The lowest BCUT2D eigenvalue weighted by atomic mass is 10.0. The molecular formula is C13H14N2O3. The Kier molecular flexibility index (Phi) is 2.56. The average Bonchev–Trinajstić information content (AvgIpc) is 2.93. The van der Waals surface area contributed by atoms with Gasteiger partial charge in [0.15, 0.2) is 5.69 Å². The largest absolute Gasteiger partial charge is 0.477 e. The molecule has 3 heterocycles. The summed E-state index contributed by atoms with van der Waals surface area (Å²) < 4.78 is 6.97. The third-order valence-corrected chi connectivity index (χ3v) is 3.33. The van der Waals surface area contributed by atoms with Crippen LogP contribution in [0.1, 0.15) is 34.1 Å². The Morgan fingerprint density at radius 1 is 1.61 bits per heavy atom. The molecule has 1 fully saturated rings. The number of imidazole rings is 1. The number of fused-ring (bicyclic) bond motifs is 1. The lowest BCUT2D eigenvalue weighted by Crippen LogP contribution is -2.09. The van der Waals surface area contributed by atoms with Crippen molar-refractivity contribution in [1.82, 2.24) is 9.38 Å². The average molecular weight is 246 g/mol. The van der Waals surface area contributed by atoms with Gasteiger partial charge in [-0.25, -0.2) is 9.78 Å². The zero-order valence-corrected chi connectivity index (χ0v) is 10.1. The molecule has 1 unspecified atom stereocenters. The first-order valence-corrected chi connectivity index (χ1v) is 5.96. The minimum absolute atomic E-state index is 0.0938. The van der Waals surface area contributed by atoms with Crippen molar-refractivity contribution in [2.75, 3.05) is 13.2 Å². The number of carboxylic acids is 1. The molecule has 2 aromatic rings. The van der Waals surface area contributed by atoms with E-state index in [0.717, 1.165) is 12.0 Å². The zero-order valence-electron chi connectivity index (χ0n) is 10.1. The van der Waals surface area contributed by atoms with Gasteiger partial charge in [0.2, 0.25) is 0 Å². The smallest absolute Gasteiger partial charge is 0.354 e. The molecule has 0 saturated carbocycles. The fourth-order valence-electron chi connectivity index (χ4n) is 2.41. The molecule has 1 saturated heterocycles. The molecule has 1 aliphatic rings. The highest BCUT2D eigenvalue weighted by molar-refractivity contribution is 5.88. The summed E-state index contributed by atoms with van der Waals surface area (Å²) in [4.78, 5) is 15.9. The van der Waals surface area contributed by atoms with Crippen LogP contribution < -0.4 is 0 Å². The molecule has 0 spiro atoms. The number of hydrogen-bond donors (Lipinski definition) is 1. The molecule has 0 amide bonds. The Labute approximate surface area is 104 Å². The summed E-state index contributed by atoms with van der Waals surface area (Å²) in [7, 11) is 0. The molecule has 0 bridgehead atoms. The molecule has 94 valence electrons. The molecule has 0 aromatic carbocycles. The lowest BCUT2D eigenvalue weighted by molar-refractivity contribution is 0.0687. The van der Waals surface area contributed by atoms with Gasteiger partial charge >= 0.3 is 5.97 Å². The number of rotatable bonds is 2. The summed E-state index contributed by atoms with van der Waals surface area (Å²) in [5.41, 5.74) is 2.67. The number of aromatic carboxylic acids is 1. The van der Waals surface area contributed by atoms with Crippen molar-refractivity contribution >= 4 is 11.6 Å². The number of nitrogens with zero attached hydrogens (tertiary/aromatic N) is 2. The van der Waals surface area contributed by atoms with Crippen molar-refractivity contribution in [2.24, 2.45) is 0 Å². The Hall–Kier alpha value is -1.88. The summed E-state index contributed by atoms with van der Waals surface area (Å²) in [6, 6.07) is 3.78. The predicted octanol–water partition coefficient (Wildman–Crippen LogP) is 1.84. The third kappa shape index (κ3) is 1.67. The van der Waals surface area contributed by atoms with Crippen LogP contribution in [0.3, 0.4) is 0 Å². The molecular weight excluding hydrogens is 232 g/mol. The van der Waals surface area contributed by atoms with Crippen LogP contribution in [0.2, 0.25) is 0 Å². The second kappa shape index (κ2) is 4.10. The van der Waals surface area contributed by atoms with Crippen LogP contribution in [0.4, 0.5) is 0 Å². The first kappa shape index (κ1) is 11.2. The summed E-state index contributed by atoms with van der Waals surface area (Å²) in [6.07, 6.45) is 2.60. The highest BCUT2D eigenvalue weighted by atomic mass is 16.5. The van der Waals surface area contributed by atoms with Crippen molar-refractivity contribution in [3.8, 4) is 0 Å². The van der Waals surface area contributed by atoms with Crippen molar-refractivity contribution < 1.29 is 14.6 Å². The Morgan fingerprint density at radius 2 is 2.44 bits per heavy atom. The standard InChI is InChI=1S/C13H14N2O3/c1-8-2-4-15-10(6-8)14-11(12(15)13(16)17)9-3-5-18-7-9/h2,4,6,9H,3,5,7H2,1H3,(H,16,17). The maximum Gasteiger partial charge on any atom is 0.354 e. The molecule has 0 radical (unpaired) electrons. The number of carboxylic acid groups (broad SMARTS) is 1. The number of aryl methyl sites for hydroxylation is 1. The van der Waals surface area contributed by atoms with Gasteiger partial charge in [0, 0.05) is 18.7 Å². The van der Waals surface area contributed by atoms with E-state index in [1.165, 1.54) is 0 Å². The van der Waals surface area contributed by atoms with E-state index in [1.54, 1.807) is 10.6 Å². The van der Waals surface area contributed by atoms with Gasteiger partial charge in [-0.3, -0.25) is 4.40 Å². The van der Waals surface area contributed by atoms with Crippen LogP contribution in [0.25, 0.3) is 5.65 Å². The molecule has 3 rings (SSSR count). The molecule has 1 atom stereocenters. The van der Waals surface area contributed by atoms with E-state index in [0.29, 0.717) is 24.6 Å². The summed E-state index contributed by atoms with van der Waals surface area (Å²) in [5.74, 6) is -0.843. The topological polar surface area (TPSA) is 63.8 Å². The number of pyridine rings is 1. The molecule has 5 heteroatoms. The minimum atomic E-state index is -0.937. The van der Waals surface area contributed by atoms with Crippen molar-refractivity contribution in [2.45, 2.75) is 19.3 Å². The van der Waals surface area contributed by atoms with Crippen molar-refractivity contribution in [3.63, 3.8) is 0 Å². The maximum absolute atomic E-state index is 11.4. The Bertz CT molecular complexity index is 612. The highest BCUT2D eigenvalue weighted by Crippen LogP contribution is 2.28. The first-order valence-electron chi connectivity index (χ1n) is 5.96. The quantitative estimate of drug-likeness (QED) is 0.878. The van der Waals surface area contributed by atoms with Crippen LogP contribution in [0.5, 0.6) is 0 Å². The maximum atomic E-state index is 11.4. The van der Waals surface area contributed by atoms with Gasteiger partial charge in [-0.05, 0) is 31.0 Å². The SMILES string of the molecule is Cc1ccn2c(C(=O)O)c(C3CCOC3)nc2c1. The van der Waals surface area contributed by atoms with Gasteiger partial charge in [-0.2, -0.15) is 0 Å². The summed E-state index contributed by atoms with van der Waals surface area (Å²) in [5, 5.41) is 9.38. The van der Waals surface area contributed by atoms with Gasteiger partial charge in [0.25, 0.3) is 0 Å². The van der Waals surface area contributed by atoms with E-state index < -0.39 is 5.97 Å². The molecule has 1 aliphatic heterocycles. The van der Waals surface area contributed by atoms with E-state index in [2.05, 4.69) is 4.98 Å². The van der Waals surface area contributed by atoms with Crippen molar-refractivity contribution in [3.05, 3.63) is 35.3 Å². The van der Waals surface area contributed by atoms with Crippen LogP contribution >= 0.6 is 0 Å². The minimum Gasteiger partial charge on any atom is -0.477 e. The van der Waals surface area contributed by atoms with Crippen LogP contribution in [0.15, 0.2) is 18.3 Å². The van der Waals surface area contributed by atoms with Gasteiger partial charge in [0.05, 0.1) is 12.3 Å². The van der Waals surface area contributed by atoms with E-state index in [4.69, 9.17) is 4.74 Å². The van der Waals surface area contributed by atoms with E-state index in [-0.39, 0.29) is 11.6 Å². The number of hydrogen-bond acceptors (Lipinski definition) is 3. The molecule has 1 N–H and O–H groups in total. The van der Waals surface area contributed by atoms with E-state index in [1.807, 2.05) is 19.1 Å². The third-order valence-electron chi connectivity index (χ3n) is 3.33. The number of carbonyl (C=O) groups is 1. The van der Waals surface area contributed by atoms with Crippen LogP contribution in [-0.2, 0) is 4.74 Å². The van der Waals surface area contributed by atoms with Gasteiger partial charge in [-0.1, -0.05) is 0 Å². The van der Waals surface area contributed by atoms with Gasteiger partial charge < -0.3 is 9.84 Å². The van der Waals surface area contributed by atoms with Crippen molar-refractivity contribution in [1.29, 1.82) is 0 Å². The second-order valence-corrected chi connectivity index (χ2v) is 4.64. The van der Waals surface area contributed by atoms with Crippen LogP contribution in [-0.4, -0.2) is 33.7 Å². The second-order valence-electron chi connectivity index (χ2n) is 4.64. The number of ether oxygens (including phenoxy) is 1. The molecule has 18 heavy (non-hydrogen) atoms. The highest BCUT2D eigenvalue weighted by Gasteiger charge is 2.28. The fraction of sp³-hybridized carbons (Fsp3) is 0.385. The van der Waals surface area contributed by atoms with E-state index in [9.17, 15) is 9.90 Å². The van der Waals surface area contributed by atoms with Crippen LogP contribution in [0, 0.1) is 6.92 Å². The molecule has 2 aromatic heterocycles. The molecule has 5 nitrogen and oxygen atoms in total. The normalized spacial score (nSPS) is 19.5. The summed E-state index contributed by atoms with van der Waals surface area (Å²) >= 11 is 0.